The summed E-state index contributed by atoms with van der Waals surface area (Å²) >= 11 is 0. The van der Waals surface area contributed by atoms with Gasteiger partial charge in [-0.2, -0.15) is 0 Å². The van der Waals surface area contributed by atoms with Crippen molar-refractivity contribution in [1.82, 2.24) is 0 Å². The molecule has 168 valence electrons. The van der Waals surface area contributed by atoms with Gasteiger partial charge in [0.05, 0.1) is 4.90 Å². The number of unbranched alkanes of at least 4 members (excludes halogenated alkanes) is 16. The van der Waals surface area contributed by atoms with Crippen molar-refractivity contribution < 1.29 is 64.4 Å². The Balaban J connectivity index is 0.00000841. The Labute approximate surface area is 229 Å². The third kappa shape index (κ3) is 17.3. The van der Waals surface area contributed by atoms with Crippen LogP contribution in [0.4, 0.5) is 0 Å². The molecule has 0 radical (unpaired) electrons. The van der Waals surface area contributed by atoms with E-state index >= 15 is 0 Å². The number of benzene rings is 1. The van der Waals surface area contributed by atoms with Crippen molar-refractivity contribution >= 4 is 10.1 Å². The van der Waals surface area contributed by atoms with Gasteiger partial charge in [0.2, 0.25) is 0 Å². The fourth-order valence-electron chi connectivity index (χ4n) is 3.91. The molecule has 0 fully saturated rings. The summed E-state index contributed by atoms with van der Waals surface area (Å²) in [4.78, 5) is -0.109. The molecule has 1 rings (SSSR count). The quantitative estimate of drug-likeness (QED) is 0.169. The van der Waals surface area contributed by atoms with Gasteiger partial charge in [-0.25, -0.2) is 8.42 Å². The van der Waals surface area contributed by atoms with Crippen LogP contribution >= 0.6 is 0 Å². The number of hydrogen-bond acceptors (Lipinski definition) is 3. The Bertz CT molecular complexity index is 617. The molecule has 30 heavy (non-hydrogen) atoms. The Kier molecular flexibility index (Phi) is 20.9. The summed E-state index contributed by atoms with van der Waals surface area (Å²) in [5, 5.41) is 0. The molecule has 0 saturated heterocycles. The van der Waals surface area contributed by atoms with Crippen LogP contribution in [0.15, 0.2) is 29.2 Å². The minimum atomic E-state index is -4.34. The van der Waals surface area contributed by atoms with Crippen LogP contribution in [-0.4, -0.2) is 13.0 Å². The molecule has 0 spiro atoms. The summed E-state index contributed by atoms with van der Waals surface area (Å²) in [5.41, 5.74) is 0.947. The van der Waals surface area contributed by atoms with Crippen LogP contribution in [0.3, 0.4) is 0 Å². The number of aryl methyl sites for hydroxylation is 1. The fraction of sp³-hybridized carbons (Fsp3) is 0.760. The monoisotopic (exact) mass is 462 g/mol. The van der Waals surface area contributed by atoms with E-state index in [0.717, 1.165) is 18.4 Å². The van der Waals surface area contributed by atoms with Crippen molar-refractivity contribution in [3.63, 3.8) is 0 Å². The first-order valence-electron chi connectivity index (χ1n) is 12.1. The van der Waals surface area contributed by atoms with Crippen LogP contribution in [0.25, 0.3) is 0 Å². The summed E-state index contributed by atoms with van der Waals surface area (Å²) in [6, 6.07) is 6.46. The molecule has 0 heterocycles. The van der Waals surface area contributed by atoms with E-state index < -0.39 is 10.1 Å². The molecule has 0 atom stereocenters. The summed E-state index contributed by atoms with van der Waals surface area (Å²) in [6.45, 7) is 2.27. The molecule has 0 saturated carbocycles. The second-order valence-corrected chi connectivity index (χ2v) is 9.89. The molecule has 0 N–H and O–H groups in total. The second-order valence-electron chi connectivity index (χ2n) is 8.51. The van der Waals surface area contributed by atoms with Gasteiger partial charge in [0.15, 0.2) is 0 Å². The Hall–Kier alpha value is 0.766. The molecule has 0 unspecified atom stereocenters. The number of hydrogen-bond donors (Lipinski definition) is 0. The zero-order chi connectivity index (χ0) is 21.2. The predicted octanol–water partition coefficient (Wildman–Crippen LogP) is 4.79. The normalized spacial score (nSPS) is 11.4. The van der Waals surface area contributed by atoms with E-state index in [0.29, 0.717) is 0 Å². The maximum atomic E-state index is 11.1. The van der Waals surface area contributed by atoms with Gasteiger partial charge in [0.1, 0.15) is 10.1 Å². The van der Waals surface area contributed by atoms with Crippen molar-refractivity contribution in [2.45, 2.75) is 127 Å². The summed E-state index contributed by atoms with van der Waals surface area (Å²) in [5.74, 6) is 0. The predicted molar refractivity (Wildman–Crippen MR) is 122 cm³/mol. The number of rotatable bonds is 19. The molecular weight excluding hydrogens is 419 g/mol. The van der Waals surface area contributed by atoms with Crippen LogP contribution in [0.5, 0.6) is 0 Å². The largest absolute Gasteiger partial charge is 1.00 e. The van der Waals surface area contributed by atoms with Gasteiger partial charge in [-0.05, 0) is 30.5 Å². The van der Waals surface area contributed by atoms with Gasteiger partial charge < -0.3 is 4.55 Å². The van der Waals surface area contributed by atoms with Gasteiger partial charge in [0.25, 0.3) is 0 Å². The zero-order valence-corrected chi connectivity index (χ0v) is 23.6. The average Bonchev–Trinajstić information content (AvgIpc) is 2.70. The van der Waals surface area contributed by atoms with Crippen LogP contribution in [0.2, 0.25) is 0 Å². The topological polar surface area (TPSA) is 57.2 Å². The Morgan fingerprint density at radius 3 is 1.47 bits per heavy atom. The maximum absolute atomic E-state index is 11.1. The molecule has 5 heteroatoms. The molecular formula is C25H43KO3S. The fourth-order valence-corrected chi connectivity index (χ4v) is 4.45. The molecule has 0 bridgehead atoms. The Morgan fingerprint density at radius 1 is 0.667 bits per heavy atom. The van der Waals surface area contributed by atoms with Gasteiger partial charge >= 0.3 is 51.4 Å². The van der Waals surface area contributed by atoms with E-state index in [1.165, 1.54) is 115 Å². The average molecular weight is 463 g/mol. The third-order valence-electron chi connectivity index (χ3n) is 5.76. The Morgan fingerprint density at radius 2 is 1.07 bits per heavy atom. The summed E-state index contributed by atoms with van der Waals surface area (Å²) < 4.78 is 33.2. The van der Waals surface area contributed by atoms with E-state index in [1.54, 1.807) is 6.07 Å². The maximum Gasteiger partial charge on any atom is 1.00 e. The minimum absolute atomic E-state index is 0. The molecule has 1 aromatic carbocycles. The molecule has 0 aliphatic heterocycles. The van der Waals surface area contributed by atoms with Gasteiger partial charge in [0, 0.05) is 0 Å². The molecule has 0 amide bonds. The SMILES string of the molecule is CCCCCCCCCCCCCCCCCCCc1cccc(S(=O)(=O)[O-])c1.[K+]. The van der Waals surface area contributed by atoms with Gasteiger partial charge in [-0.1, -0.05) is 122 Å². The van der Waals surface area contributed by atoms with Crippen LogP contribution in [0.1, 0.15) is 122 Å². The van der Waals surface area contributed by atoms with Crippen molar-refractivity contribution in [3.8, 4) is 0 Å². The van der Waals surface area contributed by atoms with Crippen molar-refractivity contribution in [3.05, 3.63) is 29.8 Å². The van der Waals surface area contributed by atoms with E-state index in [1.807, 2.05) is 6.07 Å². The second kappa shape index (κ2) is 20.4. The first-order chi connectivity index (χ1) is 14.0. The first kappa shape index (κ1) is 30.8. The van der Waals surface area contributed by atoms with E-state index in [2.05, 4.69) is 6.92 Å². The molecule has 3 nitrogen and oxygen atoms in total. The van der Waals surface area contributed by atoms with E-state index in [-0.39, 0.29) is 56.3 Å². The standard InChI is InChI=1S/C25H44O3S.K/c1-2-3-4-5-6-7-8-9-10-11-12-13-14-15-16-17-18-20-24-21-19-22-25(23-24)29(26,27)28;/h19,21-23H,2-18,20H2,1H3,(H,26,27,28);/q;+1/p-1. The van der Waals surface area contributed by atoms with Crippen LogP contribution in [-0.2, 0) is 16.5 Å². The summed E-state index contributed by atoms with van der Waals surface area (Å²) in [6.07, 6.45) is 23.8. The van der Waals surface area contributed by atoms with Gasteiger partial charge in [-0.3, -0.25) is 0 Å². The molecule has 1 aromatic rings. The van der Waals surface area contributed by atoms with Crippen LogP contribution < -0.4 is 51.4 Å². The summed E-state index contributed by atoms with van der Waals surface area (Å²) in [7, 11) is -4.34. The van der Waals surface area contributed by atoms with Gasteiger partial charge in [-0.15, -0.1) is 0 Å². The zero-order valence-electron chi connectivity index (χ0n) is 19.7. The third-order valence-corrected chi connectivity index (χ3v) is 6.59. The van der Waals surface area contributed by atoms with Crippen LogP contribution in [0, 0.1) is 0 Å². The van der Waals surface area contributed by atoms with E-state index in [9.17, 15) is 13.0 Å². The molecule has 0 aromatic heterocycles. The minimum Gasteiger partial charge on any atom is -0.744 e. The molecule has 0 aliphatic carbocycles. The molecule has 0 aliphatic rings. The van der Waals surface area contributed by atoms with Crippen molar-refractivity contribution in [1.29, 1.82) is 0 Å². The smallest absolute Gasteiger partial charge is 0.744 e. The van der Waals surface area contributed by atoms with Crippen molar-refractivity contribution in [2.24, 2.45) is 0 Å². The van der Waals surface area contributed by atoms with E-state index in [4.69, 9.17) is 0 Å². The van der Waals surface area contributed by atoms with Crippen molar-refractivity contribution in [2.75, 3.05) is 0 Å². The first-order valence-corrected chi connectivity index (χ1v) is 13.5.